The fourth-order valence-electron chi connectivity index (χ4n) is 2.92. The maximum Gasteiger partial charge on any atom is 0.361 e. The number of H-pyrrole nitrogens is 1. The maximum atomic E-state index is 12.5. The van der Waals surface area contributed by atoms with Crippen LogP contribution in [0.2, 0.25) is 0 Å². The lowest BCUT2D eigenvalue weighted by Gasteiger charge is -2.08. The Bertz CT molecular complexity index is 1160. The number of ether oxygens (including phenoxy) is 3. The van der Waals surface area contributed by atoms with E-state index in [0.717, 1.165) is 11.0 Å². The van der Waals surface area contributed by atoms with Crippen LogP contribution in [0.15, 0.2) is 48.8 Å². The number of nitrogens with one attached hydrogen (secondary N) is 1. The number of aromatic amines is 1. The van der Waals surface area contributed by atoms with Gasteiger partial charge in [0.25, 0.3) is 0 Å². The number of fused-ring (bicyclic) bond motifs is 1. The van der Waals surface area contributed by atoms with Crippen LogP contribution in [0.3, 0.4) is 0 Å². The summed E-state index contributed by atoms with van der Waals surface area (Å²) in [6.45, 7) is 0. The molecule has 28 heavy (non-hydrogen) atoms. The minimum atomic E-state index is -0.545. The number of esters is 1. The molecule has 4 rings (SSSR count). The van der Waals surface area contributed by atoms with Crippen LogP contribution in [0.25, 0.3) is 22.3 Å². The van der Waals surface area contributed by atoms with Crippen LogP contribution in [0, 0.1) is 0 Å². The average molecular weight is 378 g/mol. The largest absolute Gasteiger partial charge is 0.497 e. The summed E-state index contributed by atoms with van der Waals surface area (Å²) in [6.07, 6.45) is 1.71. The van der Waals surface area contributed by atoms with Crippen molar-refractivity contribution in [2.45, 2.75) is 0 Å². The Balaban J connectivity index is 1.59. The first-order valence-corrected chi connectivity index (χ1v) is 8.50. The molecule has 142 valence electrons. The van der Waals surface area contributed by atoms with Gasteiger partial charge in [-0.15, -0.1) is 0 Å². The zero-order valence-electron chi connectivity index (χ0n) is 15.6. The van der Waals surface area contributed by atoms with E-state index in [1.165, 1.54) is 0 Å². The third-order valence-corrected chi connectivity index (χ3v) is 4.39. The van der Waals surface area contributed by atoms with Crippen LogP contribution in [0.1, 0.15) is 10.5 Å². The molecule has 2 heterocycles. The van der Waals surface area contributed by atoms with Crippen LogP contribution in [-0.2, 0) is 7.05 Å². The molecule has 2 aromatic heterocycles. The Morgan fingerprint density at radius 2 is 1.86 bits per heavy atom. The topological polar surface area (TPSA) is 91.3 Å². The molecule has 1 N–H and O–H groups in total. The number of rotatable bonds is 5. The van der Waals surface area contributed by atoms with E-state index in [1.54, 1.807) is 56.9 Å². The molecule has 2 aromatic carbocycles. The molecular formula is C20H18N4O4. The number of carbonyl (C=O) groups is 1. The van der Waals surface area contributed by atoms with E-state index < -0.39 is 5.97 Å². The van der Waals surface area contributed by atoms with Gasteiger partial charge in [0.05, 0.1) is 37.3 Å². The van der Waals surface area contributed by atoms with Gasteiger partial charge in [0.2, 0.25) is 0 Å². The Morgan fingerprint density at radius 1 is 1.04 bits per heavy atom. The van der Waals surface area contributed by atoms with E-state index in [9.17, 15) is 4.79 Å². The van der Waals surface area contributed by atoms with Crippen molar-refractivity contribution in [3.63, 3.8) is 0 Å². The molecule has 0 saturated carbocycles. The Labute approximate surface area is 160 Å². The lowest BCUT2D eigenvalue weighted by Crippen LogP contribution is -2.08. The summed E-state index contributed by atoms with van der Waals surface area (Å²) in [5.41, 5.74) is 3.17. The smallest absolute Gasteiger partial charge is 0.361 e. The number of aryl methyl sites for hydroxylation is 1. The predicted molar refractivity (Wildman–Crippen MR) is 103 cm³/mol. The summed E-state index contributed by atoms with van der Waals surface area (Å²) in [7, 11) is 5.05. The normalized spacial score (nSPS) is 10.8. The van der Waals surface area contributed by atoms with E-state index in [1.807, 2.05) is 17.7 Å². The highest BCUT2D eigenvalue weighted by atomic mass is 16.5. The van der Waals surface area contributed by atoms with Gasteiger partial charge in [-0.3, -0.25) is 5.10 Å². The van der Waals surface area contributed by atoms with E-state index in [-0.39, 0.29) is 5.69 Å². The number of benzene rings is 2. The number of hydrogen-bond donors (Lipinski definition) is 1. The molecule has 0 amide bonds. The van der Waals surface area contributed by atoms with Crippen LogP contribution < -0.4 is 14.2 Å². The zero-order chi connectivity index (χ0) is 19.7. The highest BCUT2D eigenvalue weighted by Gasteiger charge is 2.17. The van der Waals surface area contributed by atoms with Crippen molar-refractivity contribution in [1.29, 1.82) is 0 Å². The predicted octanol–water partition coefficient (Wildman–Crippen LogP) is 3.20. The molecule has 0 aliphatic rings. The molecule has 0 atom stereocenters. The van der Waals surface area contributed by atoms with Gasteiger partial charge in [-0.25, -0.2) is 9.78 Å². The van der Waals surface area contributed by atoms with Crippen LogP contribution >= 0.6 is 0 Å². The summed E-state index contributed by atoms with van der Waals surface area (Å²) in [5, 5.41) is 6.92. The van der Waals surface area contributed by atoms with Crippen molar-refractivity contribution in [3.8, 4) is 28.5 Å². The second-order valence-electron chi connectivity index (χ2n) is 6.13. The van der Waals surface area contributed by atoms with Gasteiger partial charge >= 0.3 is 5.97 Å². The van der Waals surface area contributed by atoms with Gasteiger partial charge in [0.15, 0.2) is 0 Å². The van der Waals surface area contributed by atoms with Crippen molar-refractivity contribution in [1.82, 2.24) is 19.7 Å². The molecule has 0 saturated heterocycles. The van der Waals surface area contributed by atoms with E-state index in [0.29, 0.717) is 28.5 Å². The lowest BCUT2D eigenvalue weighted by molar-refractivity contribution is 0.0729. The molecule has 8 nitrogen and oxygen atoms in total. The van der Waals surface area contributed by atoms with Gasteiger partial charge < -0.3 is 18.8 Å². The summed E-state index contributed by atoms with van der Waals surface area (Å²) in [5.74, 6) is 1.14. The monoisotopic (exact) mass is 378 g/mol. The van der Waals surface area contributed by atoms with Crippen molar-refractivity contribution in [2.75, 3.05) is 14.2 Å². The molecule has 0 spiro atoms. The molecule has 0 fully saturated rings. The summed E-state index contributed by atoms with van der Waals surface area (Å²) in [6, 6.07) is 12.3. The van der Waals surface area contributed by atoms with Gasteiger partial charge in [-0.1, -0.05) is 0 Å². The Hall–Kier alpha value is -3.81. The number of aromatic nitrogens is 4. The lowest BCUT2D eigenvalue weighted by atomic mass is 10.1. The molecule has 0 aliphatic carbocycles. The number of imidazole rings is 1. The van der Waals surface area contributed by atoms with Gasteiger partial charge in [-0.2, -0.15) is 5.10 Å². The molecule has 0 radical (unpaired) electrons. The van der Waals surface area contributed by atoms with Gasteiger partial charge in [-0.05, 0) is 36.4 Å². The fraction of sp³-hybridized carbons (Fsp3) is 0.150. The van der Waals surface area contributed by atoms with E-state index >= 15 is 0 Å². The summed E-state index contributed by atoms with van der Waals surface area (Å²) < 4.78 is 18.0. The number of hydrogen-bond acceptors (Lipinski definition) is 6. The number of methoxy groups -OCH3 is 2. The number of carbonyl (C=O) groups excluding carboxylic acids is 1. The number of nitrogens with zero attached hydrogens (tertiary/aromatic N) is 3. The van der Waals surface area contributed by atoms with E-state index in [4.69, 9.17) is 14.2 Å². The first-order valence-electron chi connectivity index (χ1n) is 8.50. The molecule has 0 bridgehead atoms. The Morgan fingerprint density at radius 3 is 2.64 bits per heavy atom. The van der Waals surface area contributed by atoms with Crippen LogP contribution in [-0.4, -0.2) is 39.9 Å². The Kier molecular flexibility index (Phi) is 4.44. The molecule has 0 unspecified atom stereocenters. The highest BCUT2D eigenvalue weighted by Crippen LogP contribution is 2.32. The minimum Gasteiger partial charge on any atom is -0.497 e. The fourth-order valence-corrected chi connectivity index (χ4v) is 2.92. The van der Waals surface area contributed by atoms with Crippen molar-refractivity contribution >= 4 is 17.0 Å². The third-order valence-electron chi connectivity index (χ3n) is 4.39. The van der Waals surface area contributed by atoms with Crippen LogP contribution in [0.4, 0.5) is 0 Å². The second kappa shape index (κ2) is 7.07. The summed E-state index contributed by atoms with van der Waals surface area (Å²) >= 11 is 0. The maximum absolute atomic E-state index is 12.5. The highest BCUT2D eigenvalue weighted by molar-refractivity contribution is 5.91. The molecule has 8 heteroatoms. The quantitative estimate of drug-likeness (QED) is 0.424. The molecular weight excluding hydrogens is 360 g/mol. The second-order valence-corrected chi connectivity index (χ2v) is 6.13. The van der Waals surface area contributed by atoms with Crippen molar-refractivity contribution in [3.05, 3.63) is 54.5 Å². The van der Waals surface area contributed by atoms with Gasteiger partial charge in [0.1, 0.15) is 22.9 Å². The summed E-state index contributed by atoms with van der Waals surface area (Å²) in [4.78, 5) is 16.8. The third kappa shape index (κ3) is 3.16. The molecule has 0 aliphatic heterocycles. The van der Waals surface area contributed by atoms with E-state index in [2.05, 4.69) is 15.2 Å². The standard InChI is InChI=1S/C20H18N4O4/c1-24-11-21-16-9-13(4-6-18(16)24)28-20(25)17-10-15(22-23-17)14-8-12(26-2)5-7-19(14)27-3/h4-11H,1-3H3,(H,22,23). The first kappa shape index (κ1) is 17.6. The SMILES string of the molecule is COc1ccc(OC)c(-c2cc(C(=O)Oc3ccc4c(c3)ncn4C)[nH]n2)c1. The van der Waals surface area contributed by atoms with Gasteiger partial charge in [0, 0.05) is 18.7 Å². The average Bonchev–Trinajstić information content (AvgIpc) is 3.35. The van der Waals surface area contributed by atoms with Crippen LogP contribution in [0.5, 0.6) is 17.2 Å². The first-order chi connectivity index (χ1) is 13.6. The van der Waals surface area contributed by atoms with Crippen molar-refractivity contribution in [2.24, 2.45) is 7.05 Å². The zero-order valence-corrected chi connectivity index (χ0v) is 15.6. The minimum absolute atomic E-state index is 0.223. The van der Waals surface area contributed by atoms with Crippen molar-refractivity contribution < 1.29 is 19.0 Å². The molecule has 4 aromatic rings.